The summed E-state index contributed by atoms with van der Waals surface area (Å²) in [4.78, 5) is 4.00. The Kier molecular flexibility index (Phi) is 1.96. The smallest absolute Gasteiger partial charge is 0.164 e. The molecule has 0 amide bonds. The van der Waals surface area contributed by atoms with Crippen molar-refractivity contribution in [2.24, 2.45) is 0 Å². The standard InChI is InChI=1S/C10H11N5/c1-3-11-4-2-8(1)10-14-13-9-7-12-5-6-15(9)10/h1-4,12H,5-7H2. The van der Waals surface area contributed by atoms with Crippen LogP contribution in [0.2, 0.25) is 0 Å². The first-order valence-electron chi connectivity index (χ1n) is 4.98. The van der Waals surface area contributed by atoms with Crippen molar-refractivity contribution >= 4 is 0 Å². The SMILES string of the molecule is c1cc(-c2nnc3n2CCNC3)ccn1. The van der Waals surface area contributed by atoms with Crippen LogP contribution in [0.15, 0.2) is 24.5 Å². The van der Waals surface area contributed by atoms with Gasteiger partial charge in [0, 0.05) is 31.0 Å². The summed E-state index contributed by atoms with van der Waals surface area (Å²) in [5.41, 5.74) is 1.07. The Balaban J connectivity index is 2.09. The topological polar surface area (TPSA) is 55.6 Å². The summed E-state index contributed by atoms with van der Waals surface area (Å²) in [5, 5.41) is 11.6. The molecule has 0 aromatic carbocycles. The lowest BCUT2D eigenvalue weighted by atomic mass is 10.2. The number of nitrogens with one attached hydrogen (secondary N) is 1. The molecule has 0 unspecified atom stereocenters. The third-order valence-corrected chi connectivity index (χ3v) is 2.56. The second-order valence-electron chi connectivity index (χ2n) is 3.50. The molecule has 15 heavy (non-hydrogen) atoms. The van der Waals surface area contributed by atoms with Gasteiger partial charge in [0.15, 0.2) is 5.82 Å². The van der Waals surface area contributed by atoms with Gasteiger partial charge >= 0.3 is 0 Å². The van der Waals surface area contributed by atoms with Crippen molar-refractivity contribution in [1.82, 2.24) is 25.1 Å². The fraction of sp³-hybridized carbons (Fsp3) is 0.300. The number of hydrogen-bond acceptors (Lipinski definition) is 4. The van der Waals surface area contributed by atoms with Gasteiger partial charge in [-0.25, -0.2) is 0 Å². The summed E-state index contributed by atoms with van der Waals surface area (Å²) in [6, 6.07) is 3.92. The normalized spacial score (nSPS) is 14.9. The van der Waals surface area contributed by atoms with Crippen LogP contribution < -0.4 is 5.32 Å². The first kappa shape index (κ1) is 8.55. The molecule has 3 rings (SSSR count). The second-order valence-corrected chi connectivity index (χ2v) is 3.50. The molecular weight excluding hydrogens is 190 g/mol. The van der Waals surface area contributed by atoms with Gasteiger partial charge < -0.3 is 9.88 Å². The van der Waals surface area contributed by atoms with E-state index in [2.05, 4.69) is 25.1 Å². The Morgan fingerprint density at radius 2 is 2.07 bits per heavy atom. The molecule has 0 spiro atoms. The molecule has 0 saturated heterocycles. The van der Waals surface area contributed by atoms with E-state index in [9.17, 15) is 0 Å². The third kappa shape index (κ3) is 1.41. The van der Waals surface area contributed by atoms with E-state index < -0.39 is 0 Å². The summed E-state index contributed by atoms with van der Waals surface area (Å²) < 4.78 is 2.16. The zero-order valence-corrected chi connectivity index (χ0v) is 8.22. The molecule has 0 atom stereocenters. The van der Waals surface area contributed by atoms with Gasteiger partial charge in [0.25, 0.3) is 0 Å². The average molecular weight is 201 g/mol. The van der Waals surface area contributed by atoms with E-state index in [1.54, 1.807) is 12.4 Å². The molecule has 5 nitrogen and oxygen atoms in total. The molecule has 0 bridgehead atoms. The van der Waals surface area contributed by atoms with E-state index in [-0.39, 0.29) is 0 Å². The molecule has 1 aliphatic rings. The van der Waals surface area contributed by atoms with Crippen LogP contribution >= 0.6 is 0 Å². The minimum absolute atomic E-state index is 0.804. The van der Waals surface area contributed by atoms with Crippen LogP contribution in [0.5, 0.6) is 0 Å². The number of aromatic nitrogens is 4. The number of rotatable bonds is 1. The van der Waals surface area contributed by atoms with Crippen LogP contribution in [0.1, 0.15) is 5.82 Å². The minimum Gasteiger partial charge on any atom is -0.309 e. The van der Waals surface area contributed by atoms with Gasteiger partial charge in [0.2, 0.25) is 0 Å². The number of hydrogen-bond donors (Lipinski definition) is 1. The van der Waals surface area contributed by atoms with E-state index in [1.165, 1.54) is 0 Å². The van der Waals surface area contributed by atoms with Crippen LogP contribution in [-0.4, -0.2) is 26.3 Å². The second kappa shape index (κ2) is 3.43. The Bertz CT molecular complexity index is 462. The average Bonchev–Trinajstić information content (AvgIpc) is 2.74. The van der Waals surface area contributed by atoms with Crippen molar-refractivity contribution in [2.75, 3.05) is 6.54 Å². The van der Waals surface area contributed by atoms with Gasteiger partial charge in [-0.2, -0.15) is 0 Å². The predicted octanol–water partition coefficient (Wildman–Crippen LogP) is 0.443. The summed E-state index contributed by atoms with van der Waals surface area (Å²) in [7, 11) is 0. The van der Waals surface area contributed by atoms with Crippen molar-refractivity contribution in [1.29, 1.82) is 0 Å². The van der Waals surface area contributed by atoms with E-state index in [0.717, 1.165) is 36.8 Å². The van der Waals surface area contributed by atoms with Gasteiger partial charge in [-0.3, -0.25) is 4.98 Å². The lowest BCUT2D eigenvalue weighted by molar-refractivity contribution is 0.508. The summed E-state index contributed by atoms with van der Waals surface area (Å²) >= 11 is 0. The van der Waals surface area contributed by atoms with Gasteiger partial charge in [-0.15, -0.1) is 10.2 Å². The molecule has 1 aliphatic heterocycles. The molecule has 0 fully saturated rings. The molecule has 2 aromatic heterocycles. The van der Waals surface area contributed by atoms with E-state index in [4.69, 9.17) is 0 Å². The monoisotopic (exact) mass is 201 g/mol. The van der Waals surface area contributed by atoms with Crippen molar-refractivity contribution in [3.63, 3.8) is 0 Å². The third-order valence-electron chi connectivity index (χ3n) is 2.56. The summed E-state index contributed by atoms with van der Waals surface area (Å²) in [6.07, 6.45) is 3.55. The highest BCUT2D eigenvalue weighted by Crippen LogP contribution is 2.18. The minimum atomic E-state index is 0.804. The summed E-state index contributed by atoms with van der Waals surface area (Å²) in [6.45, 7) is 2.71. The maximum atomic E-state index is 4.21. The molecule has 5 heteroatoms. The van der Waals surface area contributed by atoms with Crippen molar-refractivity contribution in [3.05, 3.63) is 30.4 Å². The maximum Gasteiger partial charge on any atom is 0.164 e. The molecule has 0 aliphatic carbocycles. The van der Waals surface area contributed by atoms with Crippen LogP contribution in [-0.2, 0) is 13.1 Å². The zero-order valence-electron chi connectivity index (χ0n) is 8.22. The molecular formula is C10H11N5. The molecule has 76 valence electrons. The molecule has 0 saturated carbocycles. The number of fused-ring (bicyclic) bond motifs is 1. The van der Waals surface area contributed by atoms with Gasteiger partial charge in [-0.1, -0.05) is 0 Å². The highest BCUT2D eigenvalue weighted by Gasteiger charge is 2.15. The quantitative estimate of drug-likeness (QED) is 0.727. The Morgan fingerprint density at radius 3 is 2.93 bits per heavy atom. The van der Waals surface area contributed by atoms with Crippen molar-refractivity contribution in [3.8, 4) is 11.4 Å². The predicted molar refractivity (Wildman–Crippen MR) is 55.0 cm³/mol. The van der Waals surface area contributed by atoms with Crippen molar-refractivity contribution in [2.45, 2.75) is 13.1 Å². The Morgan fingerprint density at radius 1 is 1.20 bits per heavy atom. The molecule has 0 radical (unpaired) electrons. The number of nitrogens with zero attached hydrogens (tertiary/aromatic N) is 4. The van der Waals surface area contributed by atoms with Crippen LogP contribution in [0, 0.1) is 0 Å². The van der Waals surface area contributed by atoms with Gasteiger partial charge in [0.1, 0.15) is 5.82 Å². The van der Waals surface area contributed by atoms with Gasteiger partial charge in [-0.05, 0) is 12.1 Å². The molecule has 1 N–H and O–H groups in total. The fourth-order valence-electron chi connectivity index (χ4n) is 1.81. The lowest BCUT2D eigenvalue weighted by Crippen LogP contribution is -2.28. The summed E-state index contributed by atoms with van der Waals surface area (Å²) in [5.74, 6) is 1.95. The number of pyridine rings is 1. The first-order valence-corrected chi connectivity index (χ1v) is 4.98. The highest BCUT2D eigenvalue weighted by atomic mass is 15.3. The van der Waals surface area contributed by atoms with Crippen LogP contribution in [0.4, 0.5) is 0 Å². The largest absolute Gasteiger partial charge is 0.309 e. The van der Waals surface area contributed by atoms with E-state index in [0.29, 0.717) is 0 Å². The molecule has 3 heterocycles. The van der Waals surface area contributed by atoms with E-state index in [1.807, 2.05) is 12.1 Å². The Labute approximate surface area is 87.2 Å². The van der Waals surface area contributed by atoms with Crippen LogP contribution in [0.25, 0.3) is 11.4 Å². The van der Waals surface area contributed by atoms with Crippen LogP contribution in [0.3, 0.4) is 0 Å². The lowest BCUT2D eigenvalue weighted by Gasteiger charge is -2.15. The highest BCUT2D eigenvalue weighted by molar-refractivity contribution is 5.54. The van der Waals surface area contributed by atoms with E-state index >= 15 is 0 Å². The van der Waals surface area contributed by atoms with Gasteiger partial charge in [0.05, 0.1) is 6.54 Å². The zero-order chi connectivity index (χ0) is 10.1. The van der Waals surface area contributed by atoms with Crippen molar-refractivity contribution < 1.29 is 0 Å². The Hall–Kier alpha value is -1.75. The first-order chi connectivity index (χ1) is 7.45. The fourth-order valence-corrected chi connectivity index (χ4v) is 1.81. The maximum absolute atomic E-state index is 4.21. The molecule has 2 aromatic rings.